The number of primary amides is 1. The lowest BCUT2D eigenvalue weighted by Gasteiger charge is -2.24. The van der Waals surface area contributed by atoms with Gasteiger partial charge in [0, 0.05) is 32.2 Å². The van der Waals surface area contributed by atoms with Crippen LogP contribution in [0.15, 0.2) is 18.2 Å². The number of nitrogens with zero attached hydrogens (tertiary/aromatic N) is 5. The van der Waals surface area contributed by atoms with Gasteiger partial charge in [0.05, 0.1) is 17.8 Å². The first-order valence-electron chi connectivity index (χ1n) is 13.6. The second kappa shape index (κ2) is 11.6. The van der Waals surface area contributed by atoms with E-state index in [1.54, 1.807) is 29.9 Å². The van der Waals surface area contributed by atoms with Gasteiger partial charge in [-0.1, -0.05) is 0 Å². The van der Waals surface area contributed by atoms with Crippen LogP contribution >= 0.6 is 0 Å². The number of rotatable bonds is 11. The van der Waals surface area contributed by atoms with E-state index in [0.29, 0.717) is 60.4 Å². The number of carbonyl (C=O) groups excluding carboxylic acids is 3. The maximum Gasteiger partial charge on any atom is 0.410 e. The minimum absolute atomic E-state index is 0.252. The van der Waals surface area contributed by atoms with Crippen molar-refractivity contribution < 1.29 is 23.9 Å². The monoisotopic (exact) mass is 553 g/mol. The number of nitrogens with two attached hydrogens (primary N) is 1. The Morgan fingerprint density at radius 2 is 1.93 bits per heavy atom. The molecule has 12 heteroatoms. The van der Waals surface area contributed by atoms with Gasteiger partial charge in [0.15, 0.2) is 0 Å². The van der Waals surface area contributed by atoms with Gasteiger partial charge in [-0.15, -0.1) is 0 Å². The van der Waals surface area contributed by atoms with Crippen LogP contribution < -0.4 is 15.8 Å². The standard InChI is InChI=1S/C28H39N7O5/c1-7-35-21(13-17(2)32-35)25(37)31-26-30-20-14-19(24(29)36)15-22(23(20)34(26)16-18-9-10-18)39-12-8-11-33(6)27(38)40-28(3,4)5/h13-15,18H,7-12,16H2,1-6H3,(H2,29,36)(H,30,31,37). The SMILES string of the molecule is CCn1nc(C)cc1C(=O)Nc1nc2cc(C(N)=O)cc(OCCCN(C)C(=O)OC(C)(C)C)c2n1CC1CC1. The van der Waals surface area contributed by atoms with Gasteiger partial charge < -0.3 is 24.7 Å². The normalized spacial score (nSPS) is 13.3. The number of imidazole rings is 1. The predicted molar refractivity (Wildman–Crippen MR) is 151 cm³/mol. The molecule has 12 nitrogen and oxygen atoms in total. The first-order chi connectivity index (χ1) is 18.9. The van der Waals surface area contributed by atoms with Crippen LogP contribution in [-0.4, -0.2) is 67.9 Å². The fraction of sp³-hybridized carbons (Fsp3) is 0.536. The Kier molecular flexibility index (Phi) is 8.36. The van der Waals surface area contributed by atoms with Crippen LogP contribution in [-0.2, 0) is 17.8 Å². The summed E-state index contributed by atoms with van der Waals surface area (Å²) in [5, 5.41) is 7.32. The largest absolute Gasteiger partial charge is 0.491 e. The number of benzene rings is 1. The van der Waals surface area contributed by atoms with Gasteiger partial charge in [-0.25, -0.2) is 9.78 Å². The number of aromatic nitrogens is 4. The molecule has 0 unspecified atom stereocenters. The second-order valence-electron chi connectivity index (χ2n) is 11.2. The number of anilines is 1. The fourth-order valence-electron chi connectivity index (χ4n) is 4.36. The average molecular weight is 554 g/mol. The van der Waals surface area contributed by atoms with E-state index < -0.39 is 17.6 Å². The van der Waals surface area contributed by atoms with Gasteiger partial charge in [0.1, 0.15) is 22.6 Å². The molecule has 1 aromatic carbocycles. The molecule has 1 saturated carbocycles. The van der Waals surface area contributed by atoms with Crippen molar-refractivity contribution in [1.82, 2.24) is 24.2 Å². The number of fused-ring (bicyclic) bond motifs is 1. The van der Waals surface area contributed by atoms with Crippen molar-refractivity contribution in [3.05, 3.63) is 35.2 Å². The summed E-state index contributed by atoms with van der Waals surface area (Å²) in [4.78, 5) is 43.8. The van der Waals surface area contributed by atoms with Crippen LogP contribution in [0.2, 0.25) is 0 Å². The Balaban J connectivity index is 1.60. The Labute approximate surface area is 233 Å². The number of carbonyl (C=O) groups is 3. The van der Waals surface area contributed by atoms with E-state index in [1.165, 1.54) is 4.90 Å². The molecule has 0 atom stereocenters. The molecular formula is C28H39N7O5. The summed E-state index contributed by atoms with van der Waals surface area (Å²) in [6, 6.07) is 4.95. The molecule has 1 aliphatic carbocycles. The molecule has 2 heterocycles. The summed E-state index contributed by atoms with van der Waals surface area (Å²) in [5.41, 5.74) is 7.64. The molecule has 40 heavy (non-hydrogen) atoms. The van der Waals surface area contributed by atoms with Crippen LogP contribution in [0.4, 0.5) is 10.7 Å². The maximum absolute atomic E-state index is 13.2. The highest BCUT2D eigenvalue weighted by Crippen LogP contribution is 2.37. The molecule has 0 radical (unpaired) electrons. The minimum Gasteiger partial charge on any atom is -0.491 e. The zero-order valence-corrected chi connectivity index (χ0v) is 24.1. The smallest absolute Gasteiger partial charge is 0.410 e. The molecule has 0 aliphatic heterocycles. The summed E-state index contributed by atoms with van der Waals surface area (Å²) >= 11 is 0. The van der Waals surface area contributed by atoms with Gasteiger partial charge in [0.2, 0.25) is 11.9 Å². The van der Waals surface area contributed by atoms with E-state index in [4.69, 9.17) is 15.2 Å². The number of amides is 3. The third kappa shape index (κ3) is 6.91. The molecule has 2 aromatic heterocycles. The van der Waals surface area contributed by atoms with Crippen molar-refractivity contribution in [3.8, 4) is 5.75 Å². The van der Waals surface area contributed by atoms with E-state index in [1.807, 2.05) is 39.2 Å². The highest BCUT2D eigenvalue weighted by atomic mass is 16.6. The predicted octanol–water partition coefficient (Wildman–Crippen LogP) is 3.96. The first kappa shape index (κ1) is 28.9. The Morgan fingerprint density at radius 3 is 2.55 bits per heavy atom. The lowest BCUT2D eigenvalue weighted by molar-refractivity contribution is 0.0292. The molecular weight excluding hydrogens is 514 g/mol. The molecule has 0 spiro atoms. The Morgan fingerprint density at radius 1 is 1.20 bits per heavy atom. The summed E-state index contributed by atoms with van der Waals surface area (Å²) in [7, 11) is 1.67. The number of hydrogen-bond acceptors (Lipinski definition) is 7. The zero-order valence-electron chi connectivity index (χ0n) is 24.1. The maximum atomic E-state index is 13.2. The summed E-state index contributed by atoms with van der Waals surface area (Å²) in [6.07, 6.45) is 2.29. The van der Waals surface area contributed by atoms with Gasteiger partial charge in [-0.05, 0) is 78.0 Å². The van der Waals surface area contributed by atoms with Gasteiger partial charge in [0.25, 0.3) is 5.91 Å². The second-order valence-corrected chi connectivity index (χ2v) is 11.2. The molecule has 3 aromatic rings. The topological polar surface area (TPSA) is 147 Å². The minimum atomic E-state index is -0.610. The lowest BCUT2D eigenvalue weighted by Crippen LogP contribution is -2.35. The van der Waals surface area contributed by atoms with Crippen LogP contribution in [0.1, 0.15) is 73.5 Å². The highest BCUT2D eigenvalue weighted by molar-refractivity contribution is 6.04. The molecule has 4 rings (SSSR count). The van der Waals surface area contributed by atoms with Crippen molar-refractivity contribution in [2.45, 2.75) is 72.6 Å². The van der Waals surface area contributed by atoms with E-state index in [0.717, 1.165) is 18.5 Å². The van der Waals surface area contributed by atoms with E-state index in [2.05, 4.69) is 15.4 Å². The number of aryl methyl sites for hydroxylation is 2. The number of nitrogens with one attached hydrogen (secondary N) is 1. The highest BCUT2D eigenvalue weighted by Gasteiger charge is 2.28. The van der Waals surface area contributed by atoms with Crippen LogP contribution in [0, 0.1) is 12.8 Å². The van der Waals surface area contributed by atoms with Crippen molar-refractivity contribution in [2.75, 3.05) is 25.5 Å². The third-order valence-electron chi connectivity index (χ3n) is 6.49. The zero-order chi connectivity index (χ0) is 29.2. The molecule has 1 fully saturated rings. The lowest BCUT2D eigenvalue weighted by atomic mass is 10.1. The van der Waals surface area contributed by atoms with E-state index in [-0.39, 0.29) is 18.1 Å². The summed E-state index contributed by atoms with van der Waals surface area (Å²) in [5.74, 6) is 0.333. The number of hydrogen-bond donors (Lipinski definition) is 2. The number of ether oxygens (including phenoxy) is 2. The van der Waals surface area contributed by atoms with Crippen LogP contribution in [0.25, 0.3) is 11.0 Å². The first-order valence-corrected chi connectivity index (χ1v) is 13.6. The van der Waals surface area contributed by atoms with E-state index >= 15 is 0 Å². The van der Waals surface area contributed by atoms with Crippen molar-refractivity contribution in [1.29, 1.82) is 0 Å². The summed E-state index contributed by atoms with van der Waals surface area (Å²) in [6.45, 7) is 11.1. The molecule has 1 aliphatic rings. The van der Waals surface area contributed by atoms with Gasteiger partial charge in [-0.2, -0.15) is 5.10 Å². The molecule has 0 bridgehead atoms. The van der Waals surface area contributed by atoms with E-state index in [9.17, 15) is 14.4 Å². The Bertz CT molecular complexity index is 1410. The van der Waals surface area contributed by atoms with Crippen LogP contribution in [0.3, 0.4) is 0 Å². The molecule has 3 N–H and O–H groups in total. The molecule has 3 amide bonds. The van der Waals surface area contributed by atoms with Crippen molar-refractivity contribution >= 4 is 34.9 Å². The van der Waals surface area contributed by atoms with Gasteiger partial charge in [-0.3, -0.25) is 19.6 Å². The Hall–Kier alpha value is -4.09. The third-order valence-corrected chi connectivity index (χ3v) is 6.49. The quantitative estimate of drug-likeness (QED) is 0.342. The molecule has 0 saturated heterocycles. The average Bonchev–Trinajstić information content (AvgIpc) is 3.51. The van der Waals surface area contributed by atoms with Crippen molar-refractivity contribution in [3.63, 3.8) is 0 Å². The molecule has 216 valence electrons. The van der Waals surface area contributed by atoms with Crippen molar-refractivity contribution in [2.24, 2.45) is 11.7 Å². The van der Waals surface area contributed by atoms with Gasteiger partial charge >= 0.3 is 6.09 Å². The van der Waals surface area contributed by atoms with Crippen LogP contribution in [0.5, 0.6) is 5.75 Å². The summed E-state index contributed by atoms with van der Waals surface area (Å²) < 4.78 is 15.1. The fourth-order valence-corrected chi connectivity index (χ4v) is 4.36.